The van der Waals surface area contributed by atoms with Crippen molar-refractivity contribution in [1.29, 1.82) is 0 Å². The molecule has 0 spiro atoms. The number of nitrogens with one attached hydrogen (secondary N) is 1. The van der Waals surface area contributed by atoms with Crippen molar-refractivity contribution in [3.8, 4) is 0 Å². The Balaban J connectivity index is 1.33. The lowest BCUT2D eigenvalue weighted by atomic mass is 10.1. The highest BCUT2D eigenvalue weighted by Crippen LogP contribution is 2.22. The molecule has 1 aliphatic carbocycles. The summed E-state index contributed by atoms with van der Waals surface area (Å²) >= 11 is 0. The van der Waals surface area contributed by atoms with Crippen LogP contribution in [0.5, 0.6) is 0 Å². The molecule has 8 nitrogen and oxygen atoms in total. The number of rotatable bonds is 4. The number of carbonyl (C=O) groups excluding carboxylic acids is 1. The van der Waals surface area contributed by atoms with Crippen molar-refractivity contribution in [2.24, 2.45) is 0 Å². The van der Waals surface area contributed by atoms with E-state index in [4.69, 9.17) is 0 Å². The Bertz CT molecular complexity index is 768. The number of fused-ring (bicyclic) bond motifs is 1. The van der Waals surface area contributed by atoms with E-state index in [2.05, 4.69) is 37.2 Å². The van der Waals surface area contributed by atoms with Gasteiger partial charge in [-0.05, 0) is 19.8 Å². The summed E-state index contributed by atoms with van der Waals surface area (Å²) in [6, 6.07) is 0.633. The molecule has 2 fully saturated rings. The van der Waals surface area contributed by atoms with E-state index >= 15 is 0 Å². The maximum Gasteiger partial charge on any atom is 0.234 e. The van der Waals surface area contributed by atoms with Crippen LogP contribution in [-0.2, 0) is 4.79 Å². The van der Waals surface area contributed by atoms with E-state index in [0.29, 0.717) is 12.6 Å². The van der Waals surface area contributed by atoms with Gasteiger partial charge in [-0.3, -0.25) is 14.1 Å². The molecule has 146 valence electrons. The molecule has 0 bridgehead atoms. The molecular formula is C19H29N7O. The smallest absolute Gasteiger partial charge is 0.234 e. The first kappa shape index (κ1) is 18.2. The van der Waals surface area contributed by atoms with Crippen molar-refractivity contribution < 1.29 is 4.79 Å². The van der Waals surface area contributed by atoms with Gasteiger partial charge in [0, 0.05) is 44.1 Å². The fraction of sp³-hybridized carbons (Fsp3) is 0.684. The number of amides is 1. The van der Waals surface area contributed by atoms with Gasteiger partial charge in [0.15, 0.2) is 5.82 Å². The Hall–Kier alpha value is -2.22. The molecule has 8 heteroatoms. The number of carbonyl (C=O) groups is 1. The molecule has 1 saturated heterocycles. The van der Waals surface area contributed by atoms with Gasteiger partial charge in [-0.15, -0.1) is 10.2 Å². The Morgan fingerprint density at radius 1 is 1.22 bits per heavy atom. The predicted octanol–water partition coefficient (Wildman–Crippen LogP) is 1.47. The number of hydrogen-bond donors (Lipinski definition) is 1. The monoisotopic (exact) mass is 371 g/mol. The molecule has 27 heavy (non-hydrogen) atoms. The first-order valence-electron chi connectivity index (χ1n) is 10.1. The Morgan fingerprint density at radius 2 is 2.04 bits per heavy atom. The maximum atomic E-state index is 12.5. The summed E-state index contributed by atoms with van der Waals surface area (Å²) in [6.45, 7) is 5.18. The summed E-state index contributed by atoms with van der Waals surface area (Å²) < 4.78 is 1.89. The largest absolute Gasteiger partial charge is 0.352 e. The molecule has 2 aromatic rings. The van der Waals surface area contributed by atoms with Crippen LogP contribution in [0.2, 0.25) is 0 Å². The van der Waals surface area contributed by atoms with E-state index in [1.54, 1.807) is 12.5 Å². The van der Waals surface area contributed by atoms with E-state index < -0.39 is 0 Å². The van der Waals surface area contributed by atoms with Gasteiger partial charge < -0.3 is 10.2 Å². The van der Waals surface area contributed by atoms with Crippen molar-refractivity contribution >= 4 is 17.4 Å². The van der Waals surface area contributed by atoms with Gasteiger partial charge >= 0.3 is 0 Å². The van der Waals surface area contributed by atoms with Gasteiger partial charge in [0.05, 0.1) is 6.54 Å². The quantitative estimate of drug-likeness (QED) is 0.820. The van der Waals surface area contributed by atoms with E-state index in [-0.39, 0.29) is 11.9 Å². The lowest BCUT2D eigenvalue weighted by Crippen LogP contribution is -2.54. The van der Waals surface area contributed by atoms with Crippen LogP contribution in [-0.4, -0.2) is 68.7 Å². The van der Waals surface area contributed by atoms with Crippen LogP contribution >= 0.6 is 0 Å². The third-order valence-corrected chi connectivity index (χ3v) is 5.77. The van der Waals surface area contributed by atoms with Crippen LogP contribution in [0.15, 0.2) is 18.7 Å². The summed E-state index contributed by atoms with van der Waals surface area (Å²) in [5.41, 5.74) is 0.781. The van der Waals surface area contributed by atoms with E-state index in [1.165, 1.54) is 25.7 Å². The number of hydrogen-bond acceptors (Lipinski definition) is 6. The van der Waals surface area contributed by atoms with Crippen LogP contribution in [0.3, 0.4) is 0 Å². The fourth-order valence-corrected chi connectivity index (χ4v) is 4.34. The summed E-state index contributed by atoms with van der Waals surface area (Å²) in [7, 11) is 0. The normalized spacial score (nSPS) is 22.7. The Labute approximate surface area is 160 Å². The molecule has 3 heterocycles. The zero-order chi connectivity index (χ0) is 18.6. The minimum atomic E-state index is 0.167. The molecule has 2 aliphatic rings. The SMILES string of the molecule is CC1CN(CC(=O)NC2CCCCCC2)CCN1c1nccn2cnnc12. The third kappa shape index (κ3) is 4.21. The lowest BCUT2D eigenvalue weighted by molar-refractivity contribution is -0.123. The van der Waals surface area contributed by atoms with Crippen LogP contribution in [0.1, 0.15) is 45.4 Å². The van der Waals surface area contributed by atoms with E-state index in [1.807, 2.05) is 10.6 Å². The van der Waals surface area contributed by atoms with E-state index in [0.717, 1.165) is 43.9 Å². The number of nitrogens with zero attached hydrogens (tertiary/aromatic N) is 6. The Morgan fingerprint density at radius 3 is 2.81 bits per heavy atom. The van der Waals surface area contributed by atoms with Crippen molar-refractivity contribution in [1.82, 2.24) is 29.8 Å². The first-order chi connectivity index (χ1) is 13.2. The molecule has 1 N–H and O–H groups in total. The topological polar surface area (TPSA) is 78.7 Å². The summed E-state index contributed by atoms with van der Waals surface area (Å²) in [4.78, 5) is 21.5. The van der Waals surface area contributed by atoms with Gasteiger partial charge in [0.2, 0.25) is 11.6 Å². The molecule has 0 aromatic carbocycles. The first-order valence-corrected chi connectivity index (χ1v) is 10.1. The fourth-order valence-electron chi connectivity index (χ4n) is 4.34. The van der Waals surface area contributed by atoms with Crippen molar-refractivity contribution in [3.05, 3.63) is 18.7 Å². The van der Waals surface area contributed by atoms with Gasteiger partial charge in [-0.1, -0.05) is 25.7 Å². The molecule has 1 aliphatic heterocycles. The highest BCUT2D eigenvalue weighted by Gasteiger charge is 2.28. The molecular weight excluding hydrogens is 342 g/mol. The van der Waals surface area contributed by atoms with Crippen LogP contribution in [0.4, 0.5) is 5.82 Å². The minimum absolute atomic E-state index is 0.167. The van der Waals surface area contributed by atoms with E-state index in [9.17, 15) is 4.79 Å². The van der Waals surface area contributed by atoms with Crippen molar-refractivity contribution in [2.75, 3.05) is 31.1 Å². The van der Waals surface area contributed by atoms with Crippen molar-refractivity contribution in [2.45, 2.75) is 57.5 Å². The van der Waals surface area contributed by atoms with Crippen LogP contribution in [0.25, 0.3) is 5.65 Å². The van der Waals surface area contributed by atoms with Crippen LogP contribution < -0.4 is 10.2 Å². The second-order valence-corrected chi connectivity index (χ2v) is 7.85. The van der Waals surface area contributed by atoms with Crippen LogP contribution in [0, 0.1) is 0 Å². The molecule has 0 radical (unpaired) electrons. The highest BCUT2D eigenvalue weighted by molar-refractivity contribution is 5.78. The average Bonchev–Trinajstić information content (AvgIpc) is 2.99. The molecule has 1 amide bonds. The highest BCUT2D eigenvalue weighted by atomic mass is 16.2. The average molecular weight is 371 g/mol. The zero-order valence-corrected chi connectivity index (χ0v) is 16.0. The van der Waals surface area contributed by atoms with Gasteiger partial charge in [-0.25, -0.2) is 4.98 Å². The molecule has 2 aromatic heterocycles. The molecule has 4 rings (SSSR count). The second-order valence-electron chi connectivity index (χ2n) is 7.85. The van der Waals surface area contributed by atoms with Crippen molar-refractivity contribution in [3.63, 3.8) is 0 Å². The number of piperazine rings is 1. The lowest BCUT2D eigenvalue weighted by Gasteiger charge is -2.40. The molecule has 1 saturated carbocycles. The number of aromatic nitrogens is 4. The summed E-state index contributed by atoms with van der Waals surface area (Å²) in [5.74, 6) is 1.03. The summed E-state index contributed by atoms with van der Waals surface area (Å²) in [5, 5.41) is 11.4. The maximum absolute atomic E-state index is 12.5. The van der Waals surface area contributed by atoms with Gasteiger partial charge in [0.1, 0.15) is 6.33 Å². The second kappa shape index (κ2) is 8.21. The predicted molar refractivity (Wildman–Crippen MR) is 104 cm³/mol. The van der Waals surface area contributed by atoms with Gasteiger partial charge in [-0.2, -0.15) is 0 Å². The minimum Gasteiger partial charge on any atom is -0.352 e. The standard InChI is InChI=1S/C19H29N7O/c1-15-12-24(13-17(27)22-16-6-4-2-3-5-7-16)10-11-26(15)18-19-23-21-14-25(19)9-8-20-18/h8-9,14-16H,2-7,10-13H2,1H3,(H,22,27). The third-order valence-electron chi connectivity index (χ3n) is 5.77. The molecule has 1 unspecified atom stereocenters. The zero-order valence-electron chi connectivity index (χ0n) is 16.0. The number of anilines is 1. The van der Waals surface area contributed by atoms with Gasteiger partial charge in [0.25, 0.3) is 0 Å². The molecule has 1 atom stereocenters. The Kier molecular flexibility index (Phi) is 5.52. The summed E-state index contributed by atoms with van der Waals surface area (Å²) in [6.07, 6.45) is 12.7.